The minimum Gasteiger partial charge on any atom is -0.316 e. The Hall–Kier alpha value is -0.880. The molecular weight excluding hydrogens is 238 g/mol. The Morgan fingerprint density at radius 1 is 1.53 bits per heavy atom. The van der Waals surface area contributed by atoms with Gasteiger partial charge in [-0.2, -0.15) is 5.10 Å². The molecule has 5 nitrogen and oxygen atoms in total. The number of nitrogens with zero attached hydrogens (tertiary/aromatic N) is 2. The SMILES string of the molecule is CNC(CCc1ccnn1C)C(C)S(C)(=O)=O. The van der Waals surface area contributed by atoms with E-state index in [1.807, 2.05) is 17.8 Å². The first-order valence-corrected chi connectivity index (χ1v) is 7.64. The molecule has 0 bridgehead atoms. The van der Waals surface area contributed by atoms with Gasteiger partial charge in [0.2, 0.25) is 0 Å². The molecule has 0 saturated carbocycles. The summed E-state index contributed by atoms with van der Waals surface area (Å²) in [5, 5.41) is 6.80. The van der Waals surface area contributed by atoms with E-state index < -0.39 is 9.84 Å². The quantitative estimate of drug-likeness (QED) is 0.802. The molecule has 6 heteroatoms. The molecule has 0 aliphatic heterocycles. The lowest BCUT2D eigenvalue weighted by Gasteiger charge is -2.22. The molecule has 0 aliphatic carbocycles. The molecule has 1 aromatic heterocycles. The summed E-state index contributed by atoms with van der Waals surface area (Å²) in [5.41, 5.74) is 1.12. The van der Waals surface area contributed by atoms with Crippen LogP contribution in [0.15, 0.2) is 12.3 Å². The summed E-state index contributed by atoms with van der Waals surface area (Å²) in [7, 11) is 0.694. The Balaban J connectivity index is 2.63. The van der Waals surface area contributed by atoms with E-state index in [1.165, 1.54) is 6.26 Å². The van der Waals surface area contributed by atoms with Crippen LogP contribution in [0.4, 0.5) is 0 Å². The highest BCUT2D eigenvalue weighted by Crippen LogP contribution is 2.11. The van der Waals surface area contributed by atoms with Crippen LogP contribution in [-0.4, -0.2) is 42.8 Å². The number of aromatic nitrogens is 2. The van der Waals surface area contributed by atoms with Crippen molar-refractivity contribution in [2.45, 2.75) is 31.1 Å². The molecule has 1 rings (SSSR count). The number of hydrogen-bond acceptors (Lipinski definition) is 4. The second-order valence-electron chi connectivity index (χ2n) is 4.41. The number of hydrogen-bond donors (Lipinski definition) is 1. The average Bonchev–Trinajstić information content (AvgIpc) is 2.63. The van der Waals surface area contributed by atoms with Gasteiger partial charge in [0.05, 0.1) is 5.25 Å². The topological polar surface area (TPSA) is 64.0 Å². The first-order chi connectivity index (χ1) is 7.86. The number of sulfone groups is 1. The van der Waals surface area contributed by atoms with Gasteiger partial charge in [-0.1, -0.05) is 0 Å². The van der Waals surface area contributed by atoms with Crippen LogP contribution in [0.3, 0.4) is 0 Å². The van der Waals surface area contributed by atoms with Crippen LogP contribution in [0.5, 0.6) is 0 Å². The summed E-state index contributed by atoms with van der Waals surface area (Å²) in [6.07, 6.45) is 4.64. The fourth-order valence-electron chi connectivity index (χ4n) is 1.86. The Kier molecular flexibility index (Phi) is 4.70. The number of aryl methyl sites for hydroxylation is 2. The van der Waals surface area contributed by atoms with Crippen molar-refractivity contribution in [2.75, 3.05) is 13.3 Å². The summed E-state index contributed by atoms with van der Waals surface area (Å²) >= 11 is 0. The lowest BCUT2D eigenvalue weighted by molar-refractivity contribution is 0.486. The molecule has 0 spiro atoms. The van der Waals surface area contributed by atoms with Crippen LogP contribution < -0.4 is 5.32 Å². The van der Waals surface area contributed by atoms with E-state index in [0.29, 0.717) is 0 Å². The molecular formula is C11H21N3O2S. The Labute approximate surface area is 103 Å². The minimum atomic E-state index is -3.00. The highest BCUT2D eigenvalue weighted by Gasteiger charge is 2.24. The smallest absolute Gasteiger partial charge is 0.151 e. The van der Waals surface area contributed by atoms with E-state index in [0.717, 1.165) is 18.5 Å². The molecule has 1 heterocycles. The fourth-order valence-corrected chi connectivity index (χ4v) is 2.73. The Bertz CT molecular complexity index is 453. The number of rotatable bonds is 6. The van der Waals surface area contributed by atoms with E-state index in [2.05, 4.69) is 10.4 Å². The van der Waals surface area contributed by atoms with Crippen LogP contribution in [0.2, 0.25) is 0 Å². The maximum absolute atomic E-state index is 11.5. The van der Waals surface area contributed by atoms with Gasteiger partial charge in [-0.25, -0.2) is 8.42 Å². The van der Waals surface area contributed by atoms with Gasteiger partial charge in [0.15, 0.2) is 9.84 Å². The molecule has 1 aromatic rings. The van der Waals surface area contributed by atoms with Crippen LogP contribution >= 0.6 is 0 Å². The third-order valence-electron chi connectivity index (χ3n) is 3.25. The van der Waals surface area contributed by atoms with Crippen molar-refractivity contribution >= 4 is 9.84 Å². The van der Waals surface area contributed by atoms with Crippen molar-refractivity contribution in [3.05, 3.63) is 18.0 Å². The maximum Gasteiger partial charge on any atom is 0.151 e. The van der Waals surface area contributed by atoms with Crippen molar-refractivity contribution in [3.63, 3.8) is 0 Å². The van der Waals surface area contributed by atoms with Crippen LogP contribution in [0, 0.1) is 0 Å². The standard InChI is InChI=1S/C11H21N3O2S/c1-9(17(4,15)16)11(12-2)6-5-10-7-8-13-14(10)3/h7-9,11-12H,5-6H2,1-4H3. The van der Waals surface area contributed by atoms with Gasteiger partial charge in [-0.3, -0.25) is 4.68 Å². The van der Waals surface area contributed by atoms with Gasteiger partial charge in [0.25, 0.3) is 0 Å². The van der Waals surface area contributed by atoms with Crippen molar-refractivity contribution in [1.29, 1.82) is 0 Å². The first-order valence-electron chi connectivity index (χ1n) is 5.69. The van der Waals surface area contributed by atoms with Crippen molar-refractivity contribution in [2.24, 2.45) is 7.05 Å². The summed E-state index contributed by atoms with van der Waals surface area (Å²) in [4.78, 5) is 0. The van der Waals surface area contributed by atoms with Gasteiger partial charge in [0.1, 0.15) is 0 Å². The fraction of sp³-hybridized carbons (Fsp3) is 0.727. The molecule has 0 aliphatic rings. The van der Waals surface area contributed by atoms with Crippen molar-refractivity contribution < 1.29 is 8.42 Å². The summed E-state index contributed by atoms with van der Waals surface area (Å²) < 4.78 is 24.8. The highest BCUT2D eigenvalue weighted by molar-refractivity contribution is 7.91. The van der Waals surface area contributed by atoms with Crippen molar-refractivity contribution in [1.82, 2.24) is 15.1 Å². The van der Waals surface area contributed by atoms with Gasteiger partial charge in [0, 0.05) is 31.2 Å². The molecule has 1 N–H and O–H groups in total. The van der Waals surface area contributed by atoms with E-state index >= 15 is 0 Å². The van der Waals surface area contributed by atoms with Gasteiger partial charge in [-0.15, -0.1) is 0 Å². The zero-order valence-corrected chi connectivity index (χ0v) is 11.7. The predicted molar refractivity (Wildman–Crippen MR) is 68.7 cm³/mol. The first kappa shape index (κ1) is 14.2. The summed E-state index contributed by atoms with van der Waals surface area (Å²) in [6.45, 7) is 1.75. The lowest BCUT2D eigenvalue weighted by Crippen LogP contribution is -2.40. The molecule has 0 aromatic carbocycles. The number of nitrogens with one attached hydrogen (secondary N) is 1. The van der Waals surface area contributed by atoms with Crippen LogP contribution in [-0.2, 0) is 23.3 Å². The third-order valence-corrected chi connectivity index (χ3v) is 4.93. The van der Waals surface area contributed by atoms with Gasteiger partial charge in [-0.05, 0) is 32.9 Å². The third kappa shape index (κ3) is 3.81. The zero-order valence-electron chi connectivity index (χ0n) is 10.8. The maximum atomic E-state index is 11.5. The van der Waals surface area contributed by atoms with E-state index in [4.69, 9.17) is 0 Å². The lowest BCUT2D eigenvalue weighted by atomic mass is 10.1. The predicted octanol–water partition coefficient (Wildman–Crippen LogP) is 0.374. The molecule has 2 atom stereocenters. The minimum absolute atomic E-state index is 0.0279. The van der Waals surface area contributed by atoms with E-state index in [9.17, 15) is 8.42 Å². The summed E-state index contributed by atoms with van der Waals surface area (Å²) in [5.74, 6) is 0. The molecule has 98 valence electrons. The molecule has 0 fully saturated rings. The van der Waals surface area contributed by atoms with Crippen LogP contribution in [0.1, 0.15) is 19.0 Å². The largest absolute Gasteiger partial charge is 0.316 e. The molecule has 0 radical (unpaired) electrons. The second-order valence-corrected chi connectivity index (χ2v) is 6.82. The zero-order chi connectivity index (χ0) is 13.1. The molecule has 17 heavy (non-hydrogen) atoms. The summed E-state index contributed by atoms with van der Waals surface area (Å²) in [6, 6.07) is 1.93. The molecule has 0 saturated heterocycles. The van der Waals surface area contributed by atoms with Crippen LogP contribution in [0.25, 0.3) is 0 Å². The van der Waals surface area contributed by atoms with Gasteiger partial charge < -0.3 is 5.32 Å². The highest BCUT2D eigenvalue weighted by atomic mass is 32.2. The van der Waals surface area contributed by atoms with E-state index in [-0.39, 0.29) is 11.3 Å². The van der Waals surface area contributed by atoms with E-state index in [1.54, 1.807) is 20.2 Å². The monoisotopic (exact) mass is 259 g/mol. The normalized spacial score (nSPS) is 15.8. The van der Waals surface area contributed by atoms with Gasteiger partial charge >= 0.3 is 0 Å². The van der Waals surface area contributed by atoms with Crippen molar-refractivity contribution in [3.8, 4) is 0 Å². The second kappa shape index (κ2) is 5.64. The Morgan fingerprint density at radius 2 is 2.18 bits per heavy atom. The molecule has 2 unspecified atom stereocenters. The average molecular weight is 259 g/mol. The Morgan fingerprint density at radius 3 is 2.59 bits per heavy atom. The molecule has 0 amide bonds.